The van der Waals surface area contributed by atoms with Crippen molar-refractivity contribution < 1.29 is 14.4 Å². The fraction of sp³-hybridized carbons (Fsp3) is 0.156. The first-order valence-corrected chi connectivity index (χ1v) is 12.9. The third-order valence-electron chi connectivity index (χ3n) is 6.29. The molecule has 0 aliphatic rings. The molecule has 0 radical (unpaired) electrons. The van der Waals surface area contributed by atoms with Crippen LogP contribution in [-0.2, 0) is 4.79 Å². The standard InChI is InChI=1S/C32H32N4O3/c1-3-36(29-12-8-5-9-13-29)32(39)26-16-18-27(19-17-26)33-22-30(37)35-28-20-14-25(15-21-28)31(38)34-23(2)24-10-6-4-7-11-24/h4-21,23,33H,3,22H2,1-2H3,(H,34,38)(H,35,37). The van der Waals surface area contributed by atoms with Gasteiger partial charge in [-0.3, -0.25) is 14.4 Å². The van der Waals surface area contributed by atoms with Crippen LogP contribution in [0, 0.1) is 0 Å². The number of nitrogens with one attached hydrogen (secondary N) is 3. The summed E-state index contributed by atoms with van der Waals surface area (Å²) in [5.74, 6) is -0.496. The van der Waals surface area contributed by atoms with Crippen LogP contribution in [0.1, 0.15) is 46.2 Å². The maximum Gasteiger partial charge on any atom is 0.258 e. The molecule has 3 N–H and O–H groups in total. The highest BCUT2D eigenvalue weighted by Gasteiger charge is 2.16. The van der Waals surface area contributed by atoms with Gasteiger partial charge in [-0.05, 0) is 80.1 Å². The van der Waals surface area contributed by atoms with Crippen LogP contribution in [0.3, 0.4) is 0 Å². The number of carbonyl (C=O) groups is 3. The molecule has 198 valence electrons. The molecule has 0 aromatic heterocycles. The molecule has 0 heterocycles. The lowest BCUT2D eigenvalue weighted by Gasteiger charge is -2.21. The highest BCUT2D eigenvalue weighted by atomic mass is 16.2. The quantitative estimate of drug-likeness (QED) is 0.243. The van der Waals surface area contributed by atoms with Crippen molar-refractivity contribution in [1.29, 1.82) is 0 Å². The van der Waals surface area contributed by atoms with Gasteiger partial charge in [-0.2, -0.15) is 0 Å². The van der Waals surface area contributed by atoms with E-state index < -0.39 is 0 Å². The molecule has 4 aromatic carbocycles. The van der Waals surface area contributed by atoms with Crippen molar-refractivity contribution in [2.45, 2.75) is 19.9 Å². The molecular formula is C32H32N4O3. The summed E-state index contributed by atoms with van der Waals surface area (Å²) >= 11 is 0. The topological polar surface area (TPSA) is 90.5 Å². The lowest BCUT2D eigenvalue weighted by atomic mass is 10.1. The highest BCUT2D eigenvalue weighted by molar-refractivity contribution is 6.06. The predicted molar refractivity (Wildman–Crippen MR) is 156 cm³/mol. The highest BCUT2D eigenvalue weighted by Crippen LogP contribution is 2.18. The van der Waals surface area contributed by atoms with E-state index >= 15 is 0 Å². The van der Waals surface area contributed by atoms with Gasteiger partial charge in [0, 0.05) is 34.7 Å². The van der Waals surface area contributed by atoms with Crippen LogP contribution < -0.4 is 20.9 Å². The second-order valence-corrected chi connectivity index (χ2v) is 9.05. The molecule has 0 saturated carbocycles. The summed E-state index contributed by atoms with van der Waals surface area (Å²) in [7, 11) is 0. The average molecular weight is 521 g/mol. The van der Waals surface area contributed by atoms with Crippen molar-refractivity contribution in [3.63, 3.8) is 0 Å². The van der Waals surface area contributed by atoms with Crippen molar-refractivity contribution in [2.75, 3.05) is 28.6 Å². The molecule has 1 atom stereocenters. The lowest BCUT2D eigenvalue weighted by Crippen LogP contribution is -2.30. The van der Waals surface area contributed by atoms with Crippen molar-refractivity contribution >= 4 is 34.8 Å². The second kappa shape index (κ2) is 13.1. The first kappa shape index (κ1) is 27.1. The molecule has 4 rings (SSSR count). The van der Waals surface area contributed by atoms with Gasteiger partial charge in [0.05, 0.1) is 12.6 Å². The summed E-state index contributed by atoms with van der Waals surface area (Å²) in [5.41, 5.74) is 4.27. The average Bonchev–Trinajstić information content (AvgIpc) is 2.98. The molecular weight excluding hydrogens is 488 g/mol. The zero-order valence-corrected chi connectivity index (χ0v) is 22.1. The van der Waals surface area contributed by atoms with E-state index in [2.05, 4.69) is 16.0 Å². The molecule has 7 nitrogen and oxygen atoms in total. The number of hydrogen-bond acceptors (Lipinski definition) is 4. The molecule has 0 bridgehead atoms. The Bertz CT molecular complexity index is 1390. The van der Waals surface area contributed by atoms with Crippen LogP contribution in [0.15, 0.2) is 109 Å². The second-order valence-electron chi connectivity index (χ2n) is 9.05. The Kier molecular flexibility index (Phi) is 9.08. The van der Waals surface area contributed by atoms with E-state index in [0.717, 1.165) is 16.9 Å². The predicted octanol–water partition coefficient (Wildman–Crippen LogP) is 5.89. The summed E-state index contributed by atoms with van der Waals surface area (Å²) in [6.07, 6.45) is 0. The Labute approximate surface area is 228 Å². The van der Waals surface area contributed by atoms with E-state index in [4.69, 9.17) is 0 Å². The summed E-state index contributed by atoms with van der Waals surface area (Å²) in [6, 6.07) is 33.0. The molecule has 0 saturated heterocycles. The normalized spacial score (nSPS) is 11.2. The Hall–Kier alpha value is -4.91. The summed E-state index contributed by atoms with van der Waals surface area (Å²) in [4.78, 5) is 39.7. The van der Waals surface area contributed by atoms with Gasteiger partial charge in [0.2, 0.25) is 5.91 Å². The molecule has 7 heteroatoms. The summed E-state index contributed by atoms with van der Waals surface area (Å²) in [5, 5.41) is 8.87. The lowest BCUT2D eigenvalue weighted by molar-refractivity contribution is -0.114. The van der Waals surface area contributed by atoms with Crippen molar-refractivity contribution in [2.24, 2.45) is 0 Å². The van der Waals surface area contributed by atoms with Crippen LogP contribution in [-0.4, -0.2) is 30.8 Å². The maximum atomic E-state index is 13.0. The van der Waals surface area contributed by atoms with Crippen molar-refractivity contribution in [3.05, 3.63) is 126 Å². The van der Waals surface area contributed by atoms with Gasteiger partial charge >= 0.3 is 0 Å². The van der Waals surface area contributed by atoms with Gasteiger partial charge < -0.3 is 20.9 Å². The number of carbonyl (C=O) groups excluding carboxylic acids is 3. The third-order valence-corrected chi connectivity index (χ3v) is 6.29. The van der Waals surface area contributed by atoms with Gasteiger partial charge in [0.25, 0.3) is 11.8 Å². The van der Waals surface area contributed by atoms with Crippen LogP contribution in [0.2, 0.25) is 0 Å². The zero-order chi connectivity index (χ0) is 27.6. The fourth-order valence-electron chi connectivity index (χ4n) is 4.14. The van der Waals surface area contributed by atoms with Gasteiger partial charge in [-0.25, -0.2) is 0 Å². The Morgan fingerprint density at radius 1 is 0.718 bits per heavy atom. The molecule has 1 unspecified atom stereocenters. The largest absolute Gasteiger partial charge is 0.376 e. The van der Waals surface area contributed by atoms with E-state index in [1.807, 2.05) is 74.5 Å². The van der Waals surface area contributed by atoms with Crippen LogP contribution in [0.25, 0.3) is 0 Å². The Morgan fingerprint density at radius 2 is 1.28 bits per heavy atom. The van der Waals surface area contributed by atoms with Crippen molar-refractivity contribution in [1.82, 2.24) is 5.32 Å². The van der Waals surface area contributed by atoms with E-state index in [-0.39, 0.29) is 30.3 Å². The van der Waals surface area contributed by atoms with Crippen LogP contribution in [0.5, 0.6) is 0 Å². The maximum absolute atomic E-state index is 13.0. The molecule has 0 spiro atoms. The van der Waals surface area contributed by atoms with E-state index in [9.17, 15) is 14.4 Å². The molecule has 4 aromatic rings. The first-order valence-electron chi connectivity index (χ1n) is 12.9. The van der Waals surface area contributed by atoms with E-state index in [1.54, 1.807) is 53.4 Å². The fourth-order valence-corrected chi connectivity index (χ4v) is 4.14. The number of nitrogens with zero attached hydrogens (tertiary/aromatic N) is 1. The zero-order valence-electron chi connectivity index (χ0n) is 22.1. The molecule has 39 heavy (non-hydrogen) atoms. The minimum atomic E-state index is -0.230. The molecule has 0 aliphatic carbocycles. The van der Waals surface area contributed by atoms with Gasteiger partial charge in [0.1, 0.15) is 0 Å². The molecule has 3 amide bonds. The number of benzene rings is 4. The number of anilines is 3. The van der Waals surface area contributed by atoms with E-state index in [0.29, 0.717) is 23.4 Å². The minimum Gasteiger partial charge on any atom is -0.376 e. The van der Waals surface area contributed by atoms with E-state index in [1.165, 1.54) is 0 Å². The third kappa shape index (κ3) is 7.32. The van der Waals surface area contributed by atoms with Crippen LogP contribution >= 0.6 is 0 Å². The summed E-state index contributed by atoms with van der Waals surface area (Å²) < 4.78 is 0. The number of rotatable bonds is 10. The first-order chi connectivity index (χ1) is 18.9. The SMILES string of the molecule is CCN(C(=O)c1ccc(NCC(=O)Nc2ccc(C(=O)NC(C)c3ccccc3)cc2)cc1)c1ccccc1. The number of hydrogen-bond donors (Lipinski definition) is 3. The minimum absolute atomic E-state index is 0.0508. The van der Waals surface area contributed by atoms with Crippen LogP contribution in [0.4, 0.5) is 17.1 Å². The molecule has 0 fully saturated rings. The molecule has 0 aliphatic heterocycles. The number of para-hydroxylation sites is 1. The Balaban J connectivity index is 1.26. The monoisotopic (exact) mass is 520 g/mol. The van der Waals surface area contributed by atoms with Gasteiger partial charge in [0.15, 0.2) is 0 Å². The Morgan fingerprint density at radius 3 is 1.90 bits per heavy atom. The number of amides is 3. The summed E-state index contributed by atoms with van der Waals surface area (Å²) in [6.45, 7) is 4.48. The van der Waals surface area contributed by atoms with Gasteiger partial charge in [-0.1, -0.05) is 48.5 Å². The smallest absolute Gasteiger partial charge is 0.258 e. The van der Waals surface area contributed by atoms with Gasteiger partial charge in [-0.15, -0.1) is 0 Å². The van der Waals surface area contributed by atoms with Crippen molar-refractivity contribution in [3.8, 4) is 0 Å².